The van der Waals surface area contributed by atoms with Crippen LogP contribution in [0.25, 0.3) is 0 Å². The van der Waals surface area contributed by atoms with E-state index in [0.29, 0.717) is 18.9 Å². The van der Waals surface area contributed by atoms with Gasteiger partial charge in [-0.2, -0.15) is 5.26 Å². The Morgan fingerprint density at radius 3 is 2.94 bits per heavy atom. The monoisotopic (exact) mass is 247 g/mol. The lowest BCUT2D eigenvalue weighted by Gasteiger charge is -2.31. The molecule has 0 saturated heterocycles. The number of hydrogen-bond acceptors (Lipinski definition) is 3. The van der Waals surface area contributed by atoms with E-state index in [1.165, 1.54) is 5.57 Å². The second-order valence-electron chi connectivity index (χ2n) is 4.87. The lowest BCUT2D eigenvalue weighted by atomic mass is 9.74. The van der Waals surface area contributed by atoms with Gasteiger partial charge in [0, 0.05) is 6.08 Å². The summed E-state index contributed by atoms with van der Waals surface area (Å²) in [5.41, 5.74) is 2.25. The standard InChI is InChI=1S/C15H21NO2/c1-4-18-15(17)10-14-9-13(11(2)3)6-5-12(14)7-8-16/h7,13-14H,2,4-6,9-10H2,1,3H3/b12-7+/t13-,14?/m0/s1. The number of nitrogens with zero attached hydrogens (tertiary/aromatic N) is 1. The fourth-order valence-electron chi connectivity index (χ4n) is 2.51. The largest absolute Gasteiger partial charge is 0.466 e. The van der Waals surface area contributed by atoms with E-state index in [1.54, 1.807) is 6.08 Å². The number of nitriles is 1. The Morgan fingerprint density at radius 1 is 1.67 bits per heavy atom. The van der Waals surface area contributed by atoms with E-state index >= 15 is 0 Å². The molecule has 0 radical (unpaired) electrons. The summed E-state index contributed by atoms with van der Waals surface area (Å²) >= 11 is 0. The zero-order chi connectivity index (χ0) is 13.5. The van der Waals surface area contributed by atoms with Crippen molar-refractivity contribution in [3.05, 3.63) is 23.8 Å². The number of ether oxygens (including phenoxy) is 1. The Bertz CT molecular complexity index is 390. The van der Waals surface area contributed by atoms with Crippen molar-refractivity contribution in [3.63, 3.8) is 0 Å². The number of carbonyl (C=O) groups is 1. The second kappa shape index (κ2) is 7.00. The summed E-state index contributed by atoms with van der Waals surface area (Å²) in [7, 11) is 0. The molecule has 1 unspecified atom stereocenters. The van der Waals surface area contributed by atoms with Gasteiger partial charge in [0.1, 0.15) is 0 Å². The highest BCUT2D eigenvalue weighted by Gasteiger charge is 2.28. The van der Waals surface area contributed by atoms with E-state index in [2.05, 4.69) is 12.6 Å². The molecule has 1 aliphatic rings. The van der Waals surface area contributed by atoms with Crippen LogP contribution in [-0.2, 0) is 9.53 Å². The van der Waals surface area contributed by atoms with Gasteiger partial charge in [-0.1, -0.05) is 17.7 Å². The maximum Gasteiger partial charge on any atom is 0.306 e. The van der Waals surface area contributed by atoms with Crippen LogP contribution in [0, 0.1) is 23.2 Å². The number of rotatable bonds is 4. The molecular formula is C15H21NO2. The van der Waals surface area contributed by atoms with Gasteiger partial charge in [-0.3, -0.25) is 4.79 Å². The summed E-state index contributed by atoms with van der Waals surface area (Å²) in [5.74, 6) is 0.424. The van der Waals surface area contributed by atoms with Crippen molar-refractivity contribution in [2.75, 3.05) is 6.61 Å². The lowest BCUT2D eigenvalue weighted by molar-refractivity contribution is -0.144. The molecule has 18 heavy (non-hydrogen) atoms. The molecule has 3 nitrogen and oxygen atoms in total. The minimum atomic E-state index is -0.172. The van der Waals surface area contributed by atoms with Crippen LogP contribution in [0.4, 0.5) is 0 Å². The highest BCUT2D eigenvalue weighted by Crippen LogP contribution is 2.38. The Balaban J connectivity index is 2.73. The van der Waals surface area contributed by atoms with Gasteiger partial charge in [0.25, 0.3) is 0 Å². The fraction of sp³-hybridized carbons (Fsp3) is 0.600. The van der Waals surface area contributed by atoms with Crippen LogP contribution < -0.4 is 0 Å². The summed E-state index contributed by atoms with van der Waals surface area (Å²) in [5, 5.41) is 8.79. The fourth-order valence-corrected chi connectivity index (χ4v) is 2.51. The van der Waals surface area contributed by atoms with Gasteiger partial charge >= 0.3 is 5.97 Å². The Hall–Kier alpha value is -1.56. The third kappa shape index (κ3) is 4.03. The molecule has 1 fully saturated rings. The molecule has 0 spiro atoms. The smallest absolute Gasteiger partial charge is 0.306 e. The van der Waals surface area contributed by atoms with Crippen LogP contribution in [0.2, 0.25) is 0 Å². The first-order valence-electron chi connectivity index (χ1n) is 6.48. The summed E-state index contributed by atoms with van der Waals surface area (Å²) in [6.45, 7) is 8.25. The Morgan fingerprint density at radius 2 is 2.39 bits per heavy atom. The van der Waals surface area contributed by atoms with Gasteiger partial charge in [-0.25, -0.2) is 0 Å². The summed E-state index contributed by atoms with van der Waals surface area (Å²) in [6.07, 6.45) is 4.79. The van der Waals surface area contributed by atoms with Crippen molar-refractivity contribution >= 4 is 5.97 Å². The van der Waals surface area contributed by atoms with Crippen molar-refractivity contribution in [1.29, 1.82) is 5.26 Å². The van der Waals surface area contributed by atoms with Crippen LogP contribution in [0.3, 0.4) is 0 Å². The zero-order valence-electron chi connectivity index (χ0n) is 11.2. The molecule has 1 rings (SSSR count). The average molecular weight is 247 g/mol. The molecule has 0 N–H and O–H groups in total. The van der Waals surface area contributed by atoms with E-state index in [1.807, 2.05) is 13.8 Å². The first kappa shape index (κ1) is 14.5. The molecule has 3 heteroatoms. The number of hydrogen-bond donors (Lipinski definition) is 0. The van der Waals surface area contributed by atoms with E-state index in [4.69, 9.17) is 10.00 Å². The summed E-state index contributed by atoms with van der Waals surface area (Å²) < 4.78 is 5.00. The highest BCUT2D eigenvalue weighted by atomic mass is 16.5. The SMILES string of the molecule is C=C(C)[C@H]1CC/C(=C\C#N)C(CC(=O)OCC)C1. The van der Waals surface area contributed by atoms with Crippen molar-refractivity contribution in [2.24, 2.45) is 11.8 Å². The van der Waals surface area contributed by atoms with Gasteiger partial charge in [-0.05, 0) is 44.9 Å². The maximum absolute atomic E-state index is 11.6. The molecule has 0 aromatic carbocycles. The number of carbonyl (C=O) groups excluding carboxylic acids is 1. The molecule has 2 atom stereocenters. The van der Waals surface area contributed by atoms with E-state index in [-0.39, 0.29) is 11.9 Å². The predicted octanol–water partition coefficient (Wildman–Crippen LogP) is 3.38. The Kier molecular flexibility index (Phi) is 5.64. The van der Waals surface area contributed by atoms with Gasteiger partial charge in [0.15, 0.2) is 0 Å². The minimum absolute atomic E-state index is 0.138. The van der Waals surface area contributed by atoms with Crippen LogP contribution >= 0.6 is 0 Å². The molecule has 0 aliphatic heterocycles. The predicted molar refractivity (Wildman–Crippen MR) is 70.6 cm³/mol. The third-order valence-corrected chi connectivity index (χ3v) is 3.54. The van der Waals surface area contributed by atoms with Crippen molar-refractivity contribution in [1.82, 2.24) is 0 Å². The number of allylic oxidation sites excluding steroid dienone is 3. The highest BCUT2D eigenvalue weighted by molar-refractivity contribution is 5.70. The van der Waals surface area contributed by atoms with Crippen molar-refractivity contribution in [3.8, 4) is 6.07 Å². The van der Waals surface area contributed by atoms with Crippen LogP contribution in [0.15, 0.2) is 23.8 Å². The van der Waals surface area contributed by atoms with Gasteiger partial charge < -0.3 is 4.74 Å². The van der Waals surface area contributed by atoms with Crippen molar-refractivity contribution < 1.29 is 9.53 Å². The zero-order valence-corrected chi connectivity index (χ0v) is 11.2. The normalized spacial score (nSPS) is 25.5. The van der Waals surface area contributed by atoms with Gasteiger partial charge in [-0.15, -0.1) is 0 Å². The molecule has 1 saturated carbocycles. The first-order valence-corrected chi connectivity index (χ1v) is 6.48. The molecule has 1 aliphatic carbocycles. The molecule has 0 aromatic heterocycles. The molecule has 98 valence electrons. The van der Waals surface area contributed by atoms with E-state index in [9.17, 15) is 4.79 Å². The summed E-state index contributed by atoms with van der Waals surface area (Å²) in [4.78, 5) is 11.6. The van der Waals surface area contributed by atoms with Crippen molar-refractivity contribution in [2.45, 2.75) is 39.5 Å². The van der Waals surface area contributed by atoms with Crippen LogP contribution in [-0.4, -0.2) is 12.6 Å². The quantitative estimate of drug-likeness (QED) is 0.434. The topological polar surface area (TPSA) is 50.1 Å². The number of esters is 1. The van der Waals surface area contributed by atoms with Crippen LogP contribution in [0.5, 0.6) is 0 Å². The third-order valence-electron chi connectivity index (χ3n) is 3.54. The minimum Gasteiger partial charge on any atom is -0.466 e. The lowest BCUT2D eigenvalue weighted by Crippen LogP contribution is -2.22. The molecule has 0 bridgehead atoms. The summed E-state index contributed by atoms with van der Waals surface area (Å²) in [6, 6.07) is 2.08. The van der Waals surface area contributed by atoms with Gasteiger partial charge in [0.2, 0.25) is 0 Å². The molecular weight excluding hydrogens is 226 g/mol. The van der Waals surface area contributed by atoms with E-state index in [0.717, 1.165) is 24.8 Å². The second-order valence-corrected chi connectivity index (χ2v) is 4.87. The molecule has 0 amide bonds. The van der Waals surface area contributed by atoms with Gasteiger partial charge in [0.05, 0.1) is 19.1 Å². The average Bonchev–Trinajstić information content (AvgIpc) is 2.31. The molecule has 0 heterocycles. The molecule has 0 aromatic rings. The van der Waals surface area contributed by atoms with E-state index < -0.39 is 0 Å². The Labute approximate surface area is 109 Å². The first-order chi connectivity index (χ1) is 8.58. The maximum atomic E-state index is 11.6. The van der Waals surface area contributed by atoms with Crippen LogP contribution in [0.1, 0.15) is 39.5 Å².